The van der Waals surface area contributed by atoms with Crippen molar-refractivity contribution in [3.63, 3.8) is 0 Å². The van der Waals surface area contributed by atoms with Gasteiger partial charge >= 0.3 is 0 Å². The number of halogens is 1. The summed E-state index contributed by atoms with van der Waals surface area (Å²) < 4.78 is 7.46. The van der Waals surface area contributed by atoms with Gasteiger partial charge in [0.05, 0.1) is 30.6 Å². The first kappa shape index (κ1) is 24.8. The van der Waals surface area contributed by atoms with E-state index in [0.717, 1.165) is 17.1 Å². The fourth-order valence-electron chi connectivity index (χ4n) is 4.65. The Morgan fingerprint density at radius 2 is 1.95 bits per heavy atom. The van der Waals surface area contributed by atoms with Gasteiger partial charge < -0.3 is 24.8 Å². The summed E-state index contributed by atoms with van der Waals surface area (Å²) in [5.41, 5.74) is 3.46. The molecule has 0 aliphatic carbocycles. The molecule has 4 aromatic rings. The predicted molar refractivity (Wildman–Crippen MR) is 149 cm³/mol. The zero-order chi connectivity index (χ0) is 25.8. The lowest BCUT2D eigenvalue weighted by Crippen LogP contribution is -2.33. The molecule has 3 heterocycles. The van der Waals surface area contributed by atoms with Crippen molar-refractivity contribution in [2.75, 3.05) is 19.0 Å². The number of methoxy groups -OCH3 is 1. The van der Waals surface area contributed by atoms with Crippen LogP contribution in [0.15, 0.2) is 91.3 Å². The second kappa shape index (κ2) is 11.0. The molecule has 0 spiro atoms. The third-order valence-electron chi connectivity index (χ3n) is 6.33. The minimum absolute atomic E-state index is 0.127. The van der Waals surface area contributed by atoms with Crippen LogP contribution in [0.4, 0.5) is 5.69 Å². The molecule has 0 radical (unpaired) electrons. The van der Waals surface area contributed by atoms with Crippen molar-refractivity contribution in [1.82, 2.24) is 19.8 Å². The molecule has 0 saturated carbocycles. The number of benzene rings is 2. The van der Waals surface area contributed by atoms with Crippen molar-refractivity contribution >= 4 is 40.5 Å². The van der Waals surface area contributed by atoms with Crippen molar-refractivity contribution in [1.29, 1.82) is 0 Å². The number of nitrogens with zero attached hydrogens (tertiary/aromatic N) is 3. The fourth-order valence-corrected chi connectivity index (χ4v) is 5.16. The molecule has 1 aliphatic rings. The third kappa shape index (κ3) is 5.30. The van der Waals surface area contributed by atoms with Crippen molar-refractivity contribution in [3.8, 4) is 11.4 Å². The largest absolute Gasteiger partial charge is 0.495 e. The molecule has 5 rings (SSSR count). The predicted octanol–water partition coefficient (Wildman–Crippen LogP) is 5.54. The average molecular weight is 532 g/mol. The number of pyridine rings is 1. The zero-order valence-electron chi connectivity index (χ0n) is 20.2. The maximum Gasteiger partial charge on any atom is 0.226 e. The van der Waals surface area contributed by atoms with Crippen LogP contribution in [0.25, 0.3) is 5.69 Å². The highest BCUT2D eigenvalue weighted by atomic mass is 35.5. The van der Waals surface area contributed by atoms with Crippen LogP contribution in [0.5, 0.6) is 5.75 Å². The summed E-state index contributed by atoms with van der Waals surface area (Å²) in [6.07, 6.45) is 4.02. The molecule has 2 aromatic heterocycles. The number of amides is 1. The summed E-state index contributed by atoms with van der Waals surface area (Å²) in [4.78, 5) is 19.6. The van der Waals surface area contributed by atoms with Crippen molar-refractivity contribution in [3.05, 3.63) is 108 Å². The first-order valence-corrected chi connectivity index (χ1v) is 12.7. The molecule has 2 N–H and O–H groups in total. The lowest BCUT2D eigenvalue weighted by molar-refractivity contribution is -0.116. The second-order valence-corrected chi connectivity index (χ2v) is 9.42. The Hall–Kier alpha value is -3.88. The quantitative estimate of drug-likeness (QED) is 0.291. The summed E-state index contributed by atoms with van der Waals surface area (Å²) in [7, 11) is 1.58. The SMILES string of the molecule is COc1ccccc1NC(=O)CCN1C(=S)N[C@H](c2ccccn2)[C@@H]1c1cccn1-c1cccc(Cl)c1. The number of nitrogens with one attached hydrogen (secondary N) is 2. The van der Waals surface area contributed by atoms with E-state index in [-0.39, 0.29) is 24.4 Å². The van der Waals surface area contributed by atoms with Crippen molar-refractivity contribution < 1.29 is 9.53 Å². The van der Waals surface area contributed by atoms with E-state index in [1.807, 2.05) is 79.0 Å². The second-order valence-electron chi connectivity index (χ2n) is 8.60. The molecule has 1 amide bonds. The highest BCUT2D eigenvalue weighted by Crippen LogP contribution is 2.39. The molecule has 0 bridgehead atoms. The number of hydrogen-bond donors (Lipinski definition) is 2. The van der Waals surface area contributed by atoms with Gasteiger partial charge in [-0.2, -0.15) is 0 Å². The topological polar surface area (TPSA) is 71.4 Å². The Balaban J connectivity index is 1.44. The van der Waals surface area contributed by atoms with Gasteiger partial charge in [-0.05, 0) is 66.8 Å². The van der Waals surface area contributed by atoms with Gasteiger partial charge in [-0.15, -0.1) is 0 Å². The van der Waals surface area contributed by atoms with Crippen LogP contribution in [-0.4, -0.2) is 39.1 Å². The molecule has 2 aromatic carbocycles. The number of para-hydroxylation sites is 2. The third-order valence-corrected chi connectivity index (χ3v) is 6.92. The van der Waals surface area contributed by atoms with Crippen LogP contribution in [0, 0.1) is 0 Å². The molecule has 2 atom stereocenters. The van der Waals surface area contributed by atoms with E-state index in [2.05, 4.69) is 31.2 Å². The van der Waals surface area contributed by atoms with Crippen molar-refractivity contribution in [2.45, 2.75) is 18.5 Å². The van der Waals surface area contributed by atoms with Crippen molar-refractivity contribution in [2.24, 2.45) is 0 Å². The molecule has 1 aliphatic heterocycles. The van der Waals surface area contributed by atoms with Gasteiger partial charge in [0.25, 0.3) is 0 Å². The first-order valence-electron chi connectivity index (χ1n) is 11.9. The molecular formula is C28H26ClN5O2S. The van der Waals surface area contributed by atoms with Crippen LogP contribution >= 0.6 is 23.8 Å². The lowest BCUT2D eigenvalue weighted by atomic mass is 10.0. The smallest absolute Gasteiger partial charge is 0.226 e. The first-order chi connectivity index (χ1) is 18.0. The van der Waals surface area contributed by atoms with E-state index in [1.54, 1.807) is 13.3 Å². The number of hydrogen-bond acceptors (Lipinski definition) is 4. The van der Waals surface area contributed by atoms with Gasteiger partial charge in [0.15, 0.2) is 5.11 Å². The molecular weight excluding hydrogens is 506 g/mol. The molecule has 7 nitrogen and oxygen atoms in total. The maximum absolute atomic E-state index is 12.9. The zero-order valence-corrected chi connectivity index (χ0v) is 21.7. The number of carbonyl (C=O) groups excluding carboxylic acids is 1. The maximum atomic E-state index is 12.9. The summed E-state index contributed by atoms with van der Waals surface area (Å²) >= 11 is 12.1. The number of aromatic nitrogens is 2. The van der Waals surface area contributed by atoms with E-state index in [4.69, 9.17) is 28.6 Å². The van der Waals surface area contributed by atoms with Crippen LogP contribution in [0.2, 0.25) is 5.02 Å². The fraction of sp³-hybridized carbons (Fsp3) is 0.179. The minimum atomic E-state index is -0.199. The highest BCUT2D eigenvalue weighted by Gasteiger charge is 2.41. The molecule has 1 saturated heterocycles. The molecule has 9 heteroatoms. The normalized spacial score (nSPS) is 16.9. The van der Waals surface area contributed by atoms with E-state index < -0.39 is 0 Å². The van der Waals surface area contributed by atoms with Crippen LogP contribution in [-0.2, 0) is 4.79 Å². The van der Waals surface area contributed by atoms with Gasteiger partial charge in [-0.1, -0.05) is 35.9 Å². The average Bonchev–Trinajstić information content (AvgIpc) is 3.52. The molecule has 37 heavy (non-hydrogen) atoms. The van der Waals surface area contributed by atoms with Gasteiger partial charge in [0.2, 0.25) is 5.91 Å². The summed E-state index contributed by atoms with van der Waals surface area (Å²) in [5, 5.41) is 7.62. The molecule has 1 fully saturated rings. The minimum Gasteiger partial charge on any atom is -0.495 e. The Morgan fingerprint density at radius 1 is 1.11 bits per heavy atom. The number of carbonyl (C=O) groups is 1. The van der Waals surface area contributed by atoms with E-state index in [9.17, 15) is 4.79 Å². The van der Waals surface area contributed by atoms with Gasteiger partial charge in [-0.25, -0.2) is 0 Å². The lowest BCUT2D eigenvalue weighted by Gasteiger charge is -2.29. The number of anilines is 1. The molecule has 188 valence electrons. The Bertz CT molecular complexity index is 1410. The van der Waals surface area contributed by atoms with E-state index in [1.165, 1.54) is 0 Å². The van der Waals surface area contributed by atoms with Crippen LogP contribution < -0.4 is 15.4 Å². The van der Waals surface area contributed by atoms with E-state index in [0.29, 0.717) is 28.1 Å². The van der Waals surface area contributed by atoms with Crippen LogP contribution in [0.3, 0.4) is 0 Å². The Morgan fingerprint density at radius 3 is 2.73 bits per heavy atom. The van der Waals surface area contributed by atoms with Gasteiger partial charge in [0.1, 0.15) is 5.75 Å². The summed E-state index contributed by atoms with van der Waals surface area (Å²) in [6, 6.07) is 24.6. The Labute approximate surface area is 226 Å². The number of rotatable bonds is 8. The Kier molecular flexibility index (Phi) is 7.39. The summed E-state index contributed by atoms with van der Waals surface area (Å²) in [5.74, 6) is 0.485. The monoisotopic (exact) mass is 531 g/mol. The van der Waals surface area contributed by atoms with E-state index >= 15 is 0 Å². The van der Waals surface area contributed by atoms with Gasteiger partial charge in [0, 0.05) is 41.8 Å². The summed E-state index contributed by atoms with van der Waals surface area (Å²) in [6.45, 7) is 0.418. The standard InChI is InChI=1S/C28H26ClN5O2S/c1-36-24-13-3-2-10-21(24)31-25(35)14-17-34-27(26(32-28(34)37)22-11-4-5-15-30-22)23-12-7-16-33(23)20-9-6-8-19(29)18-20/h2-13,15-16,18,26-27H,14,17H2,1H3,(H,31,35)(H,32,37)/t26-,27+/m1/s1. The molecule has 0 unspecified atom stereocenters. The highest BCUT2D eigenvalue weighted by molar-refractivity contribution is 7.80. The number of ether oxygens (including phenoxy) is 1. The number of thiocarbonyl (C=S) groups is 1. The van der Waals surface area contributed by atoms with Gasteiger partial charge in [-0.3, -0.25) is 9.78 Å². The van der Waals surface area contributed by atoms with Crippen LogP contribution in [0.1, 0.15) is 29.9 Å².